The molecule has 0 aromatic heterocycles. The summed E-state index contributed by atoms with van der Waals surface area (Å²) in [6.07, 6.45) is 0.780. The van der Waals surface area contributed by atoms with E-state index in [9.17, 15) is 4.79 Å². The molecule has 1 atom stereocenters. The smallest absolute Gasteiger partial charge is 0.234 e. The van der Waals surface area contributed by atoms with E-state index in [4.69, 9.17) is 0 Å². The quantitative estimate of drug-likeness (QED) is 0.802. The Bertz CT molecular complexity index is 633. The van der Waals surface area contributed by atoms with Gasteiger partial charge in [0, 0.05) is 12.7 Å². The van der Waals surface area contributed by atoms with E-state index in [1.807, 2.05) is 25.2 Å². The van der Waals surface area contributed by atoms with Gasteiger partial charge in [0.2, 0.25) is 5.91 Å². The van der Waals surface area contributed by atoms with Crippen LogP contribution in [0.2, 0.25) is 0 Å². The highest BCUT2D eigenvalue weighted by molar-refractivity contribution is 6.04. The van der Waals surface area contributed by atoms with Crippen LogP contribution in [0.3, 0.4) is 0 Å². The summed E-state index contributed by atoms with van der Waals surface area (Å²) in [6.45, 7) is 2.08. The highest BCUT2D eigenvalue weighted by Gasteiger charge is 2.34. The summed E-state index contributed by atoms with van der Waals surface area (Å²) in [7, 11) is 1.86. The van der Waals surface area contributed by atoms with E-state index in [1.165, 1.54) is 11.1 Å². The lowest BCUT2D eigenvalue weighted by Crippen LogP contribution is -2.24. The molecule has 1 aliphatic rings. The summed E-state index contributed by atoms with van der Waals surface area (Å²) in [5, 5.41) is 0. The summed E-state index contributed by atoms with van der Waals surface area (Å²) in [6, 6.07) is 16.5. The third-order valence-corrected chi connectivity index (χ3v) is 3.82. The molecule has 2 aromatic rings. The van der Waals surface area contributed by atoms with Gasteiger partial charge in [0.05, 0.1) is 5.92 Å². The Kier molecular flexibility index (Phi) is 2.86. The fourth-order valence-corrected chi connectivity index (χ4v) is 2.85. The number of anilines is 1. The van der Waals surface area contributed by atoms with Gasteiger partial charge in [-0.3, -0.25) is 4.79 Å². The molecule has 1 unspecified atom stereocenters. The van der Waals surface area contributed by atoms with Crippen LogP contribution in [0, 0.1) is 6.92 Å². The normalized spacial score (nSPS) is 17.7. The Labute approximate surface area is 113 Å². The Morgan fingerprint density at radius 1 is 1.11 bits per heavy atom. The molecule has 0 N–H and O–H groups in total. The number of fused-ring (bicyclic) bond motifs is 1. The third kappa shape index (κ3) is 2.03. The number of carbonyl (C=O) groups excluding carboxylic acids is 1. The summed E-state index contributed by atoms with van der Waals surface area (Å²) >= 11 is 0. The minimum Gasteiger partial charge on any atom is -0.315 e. The van der Waals surface area contributed by atoms with Crippen molar-refractivity contribution in [2.75, 3.05) is 11.9 Å². The molecule has 0 fully saturated rings. The van der Waals surface area contributed by atoms with Crippen LogP contribution < -0.4 is 4.90 Å². The Balaban J connectivity index is 1.95. The lowest BCUT2D eigenvalue weighted by atomic mass is 9.93. The number of benzene rings is 2. The number of rotatable bonds is 2. The standard InChI is InChI=1S/C17H17NO/c1-12-6-5-7-13(10-12)11-15-14-8-3-4-9-16(14)18(2)17(15)19/h3-10,15H,11H2,1-2H3. The molecule has 0 bridgehead atoms. The number of aryl methyl sites for hydroxylation is 1. The zero-order valence-electron chi connectivity index (χ0n) is 11.3. The topological polar surface area (TPSA) is 20.3 Å². The van der Waals surface area contributed by atoms with Gasteiger partial charge in [-0.1, -0.05) is 48.0 Å². The monoisotopic (exact) mass is 251 g/mol. The highest BCUT2D eigenvalue weighted by atomic mass is 16.2. The summed E-state index contributed by atoms with van der Waals surface area (Å²) < 4.78 is 0. The number of hydrogen-bond donors (Lipinski definition) is 0. The van der Waals surface area contributed by atoms with Crippen LogP contribution >= 0.6 is 0 Å². The molecule has 0 saturated carbocycles. The maximum Gasteiger partial charge on any atom is 0.234 e. The van der Waals surface area contributed by atoms with E-state index >= 15 is 0 Å². The third-order valence-electron chi connectivity index (χ3n) is 3.82. The molecule has 96 valence electrons. The molecular weight excluding hydrogens is 234 g/mol. The molecule has 2 aromatic carbocycles. The second kappa shape index (κ2) is 4.54. The van der Waals surface area contributed by atoms with Crippen LogP contribution in [0.4, 0.5) is 5.69 Å². The first-order valence-corrected chi connectivity index (χ1v) is 6.59. The molecule has 0 spiro atoms. The van der Waals surface area contributed by atoms with Gasteiger partial charge in [-0.05, 0) is 30.5 Å². The predicted octanol–water partition coefficient (Wildman–Crippen LogP) is 3.30. The van der Waals surface area contributed by atoms with Gasteiger partial charge in [-0.2, -0.15) is 0 Å². The fourth-order valence-electron chi connectivity index (χ4n) is 2.85. The molecule has 1 aliphatic heterocycles. The first kappa shape index (κ1) is 12.0. The SMILES string of the molecule is Cc1cccc(CC2C(=O)N(C)c3ccccc32)c1. The first-order chi connectivity index (χ1) is 9.16. The van der Waals surface area contributed by atoms with E-state index in [2.05, 4.69) is 37.3 Å². The maximum atomic E-state index is 12.4. The molecule has 19 heavy (non-hydrogen) atoms. The predicted molar refractivity (Wildman–Crippen MR) is 77.5 cm³/mol. The van der Waals surface area contributed by atoms with Crippen molar-refractivity contribution in [3.05, 3.63) is 65.2 Å². The van der Waals surface area contributed by atoms with Crippen molar-refractivity contribution >= 4 is 11.6 Å². The molecule has 0 aliphatic carbocycles. The Morgan fingerprint density at radius 2 is 1.89 bits per heavy atom. The maximum absolute atomic E-state index is 12.4. The highest BCUT2D eigenvalue weighted by Crippen LogP contribution is 2.37. The van der Waals surface area contributed by atoms with Gasteiger partial charge in [0.25, 0.3) is 0 Å². The van der Waals surface area contributed by atoms with E-state index in [0.717, 1.165) is 17.7 Å². The van der Waals surface area contributed by atoms with E-state index < -0.39 is 0 Å². The molecule has 0 saturated heterocycles. The molecule has 1 heterocycles. The van der Waals surface area contributed by atoms with Crippen LogP contribution in [0.25, 0.3) is 0 Å². The molecular formula is C17H17NO. The lowest BCUT2D eigenvalue weighted by molar-refractivity contribution is -0.119. The minimum absolute atomic E-state index is 0.0389. The summed E-state index contributed by atoms with van der Waals surface area (Å²) in [5.74, 6) is 0.158. The summed E-state index contributed by atoms with van der Waals surface area (Å²) in [4.78, 5) is 14.2. The van der Waals surface area contributed by atoms with Gasteiger partial charge in [0.15, 0.2) is 0 Å². The zero-order chi connectivity index (χ0) is 13.4. The van der Waals surface area contributed by atoms with Crippen LogP contribution in [0.1, 0.15) is 22.6 Å². The first-order valence-electron chi connectivity index (χ1n) is 6.59. The molecule has 3 rings (SSSR count). The van der Waals surface area contributed by atoms with E-state index in [-0.39, 0.29) is 11.8 Å². The van der Waals surface area contributed by atoms with Crippen LogP contribution in [0.5, 0.6) is 0 Å². The molecule has 0 radical (unpaired) electrons. The number of carbonyl (C=O) groups is 1. The Hall–Kier alpha value is -2.09. The number of amides is 1. The van der Waals surface area contributed by atoms with Crippen LogP contribution in [0.15, 0.2) is 48.5 Å². The van der Waals surface area contributed by atoms with Gasteiger partial charge in [-0.15, -0.1) is 0 Å². The van der Waals surface area contributed by atoms with Gasteiger partial charge >= 0.3 is 0 Å². The largest absolute Gasteiger partial charge is 0.315 e. The van der Waals surface area contributed by atoms with Crippen molar-refractivity contribution in [1.82, 2.24) is 0 Å². The average molecular weight is 251 g/mol. The van der Waals surface area contributed by atoms with Gasteiger partial charge < -0.3 is 4.90 Å². The van der Waals surface area contributed by atoms with Crippen molar-refractivity contribution in [2.24, 2.45) is 0 Å². The fraction of sp³-hybridized carbons (Fsp3) is 0.235. The van der Waals surface area contributed by atoms with Crippen molar-refractivity contribution in [1.29, 1.82) is 0 Å². The van der Waals surface area contributed by atoms with Gasteiger partial charge in [-0.25, -0.2) is 0 Å². The average Bonchev–Trinajstić information content (AvgIpc) is 2.65. The number of para-hydroxylation sites is 1. The van der Waals surface area contributed by atoms with Crippen molar-refractivity contribution < 1.29 is 4.79 Å². The lowest BCUT2D eigenvalue weighted by Gasteiger charge is -2.11. The zero-order valence-corrected chi connectivity index (χ0v) is 11.3. The molecule has 2 heteroatoms. The molecule has 1 amide bonds. The number of likely N-dealkylation sites (N-methyl/N-ethyl adjacent to an activating group) is 1. The Morgan fingerprint density at radius 3 is 2.68 bits per heavy atom. The van der Waals surface area contributed by atoms with Crippen molar-refractivity contribution in [3.8, 4) is 0 Å². The van der Waals surface area contributed by atoms with E-state index in [1.54, 1.807) is 4.90 Å². The van der Waals surface area contributed by atoms with E-state index in [0.29, 0.717) is 0 Å². The van der Waals surface area contributed by atoms with Gasteiger partial charge in [0.1, 0.15) is 0 Å². The van der Waals surface area contributed by atoms with Crippen molar-refractivity contribution in [3.63, 3.8) is 0 Å². The summed E-state index contributed by atoms with van der Waals surface area (Å²) in [5.41, 5.74) is 4.66. The van der Waals surface area contributed by atoms with Crippen LogP contribution in [-0.4, -0.2) is 13.0 Å². The second-order valence-electron chi connectivity index (χ2n) is 5.20. The second-order valence-corrected chi connectivity index (χ2v) is 5.20. The van der Waals surface area contributed by atoms with Crippen LogP contribution in [-0.2, 0) is 11.2 Å². The van der Waals surface area contributed by atoms with Crippen molar-refractivity contribution in [2.45, 2.75) is 19.3 Å². The number of nitrogens with zero attached hydrogens (tertiary/aromatic N) is 1. The minimum atomic E-state index is -0.0389. The number of hydrogen-bond acceptors (Lipinski definition) is 1. The molecule has 2 nitrogen and oxygen atoms in total.